The van der Waals surface area contributed by atoms with Gasteiger partial charge in [0.15, 0.2) is 0 Å². The van der Waals surface area contributed by atoms with Gasteiger partial charge in [0.2, 0.25) is 0 Å². The molecule has 0 spiro atoms. The van der Waals surface area contributed by atoms with Crippen molar-refractivity contribution < 1.29 is 9.69 Å². The Kier molecular flexibility index (Phi) is 5.21. The fraction of sp³-hybridized carbons (Fsp3) is 0.444. The number of carbonyl (C=O) groups is 1. The highest BCUT2D eigenvalue weighted by Crippen LogP contribution is 2.21. The van der Waals surface area contributed by atoms with Crippen LogP contribution in [0.1, 0.15) is 29.4 Å². The van der Waals surface area contributed by atoms with Gasteiger partial charge >= 0.3 is 0 Å². The van der Waals surface area contributed by atoms with E-state index in [-0.39, 0.29) is 5.91 Å². The minimum atomic E-state index is 0.0965. The van der Waals surface area contributed by atoms with Gasteiger partial charge in [-0.05, 0) is 24.6 Å². The van der Waals surface area contributed by atoms with Gasteiger partial charge in [-0.1, -0.05) is 31.0 Å². The third-order valence-electron chi connectivity index (χ3n) is 4.54. The third-order valence-corrected chi connectivity index (χ3v) is 4.78. The van der Waals surface area contributed by atoms with Gasteiger partial charge in [-0.2, -0.15) is 5.10 Å². The summed E-state index contributed by atoms with van der Waals surface area (Å²) in [5.41, 5.74) is 2.58. The summed E-state index contributed by atoms with van der Waals surface area (Å²) in [5.74, 6) is 0.0965. The summed E-state index contributed by atoms with van der Waals surface area (Å²) >= 11 is 6.11. The van der Waals surface area contributed by atoms with E-state index in [0.717, 1.165) is 56.0 Å². The van der Waals surface area contributed by atoms with Gasteiger partial charge in [-0.25, -0.2) is 4.68 Å². The SMILES string of the molecule is CCCc1c(C(=O)N2CC[NH+](C)CC2)cnn1-c1cccc(Cl)c1. The number of aromatic nitrogens is 2. The van der Waals surface area contributed by atoms with E-state index >= 15 is 0 Å². The maximum absolute atomic E-state index is 13.0. The molecule has 2 heterocycles. The number of hydrogen-bond donors (Lipinski definition) is 1. The van der Waals surface area contributed by atoms with Gasteiger partial charge in [0.1, 0.15) is 0 Å². The molecule has 1 aliphatic rings. The summed E-state index contributed by atoms with van der Waals surface area (Å²) in [4.78, 5) is 16.4. The maximum atomic E-state index is 13.0. The minimum absolute atomic E-state index is 0.0965. The molecule has 24 heavy (non-hydrogen) atoms. The van der Waals surface area contributed by atoms with Gasteiger partial charge in [0.05, 0.1) is 56.4 Å². The van der Waals surface area contributed by atoms with E-state index in [0.29, 0.717) is 5.02 Å². The van der Waals surface area contributed by atoms with Crippen LogP contribution in [0.2, 0.25) is 5.02 Å². The Labute approximate surface area is 147 Å². The van der Waals surface area contributed by atoms with Gasteiger partial charge in [-0.15, -0.1) is 0 Å². The summed E-state index contributed by atoms with van der Waals surface area (Å²) in [6.45, 7) is 5.72. The number of piperazine rings is 1. The normalized spacial score (nSPS) is 15.7. The van der Waals surface area contributed by atoms with Crippen LogP contribution >= 0.6 is 11.6 Å². The number of benzene rings is 1. The van der Waals surface area contributed by atoms with E-state index in [4.69, 9.17) is 11.6 Å². The second kappa shape index (κ2) is 7.36. The highest BCUT2D eigenvalue weighted by Gasteiger charge is 2.26. The molecular weight excluding hydrogens is 324 g/mol. The number of amides is 1. The largest absolute Gasteiger partial charge is 0.334 e. The summed E-state index contributed by atoms with van der Waals surface area (Å²) in [6, 6.07) is 7.58. The predicted molar refractivity (Wildman–Crippen MR) is 95.1 cm³/mol. The molecule has 0 radical (unpaired) electrons. The lowest BCUT2D eigenvalue weighted by atomic mass is 10.1. The first kappa shape index (κ1) is 17.0. The predicted octanol–water partition coefficient (Wildman–Crippen LogP) is 1.45. The molecule has 1 amide bonds. The number of carbonyl (C=O) groups excluding carboxylic acids is 1. The van der Waals surface area contributed by atoms with Crippen LogP contribution < -0.4 is 4.90 Å². The quantitative estimate of drug-likeness (QED) is 0.909. The Morgan fingerprint density at radius 1 is 1.33 bits per heavy atom. The van der Waals surface area contributed by atoms with Crippen molar-refractivity contribution in [1.29, 1.82) is 0 Å². The van der Waals surface area contributed by atoms with Crippen molar-refractivity contribution in [3.05, 3.63) is 46.7 Å². The third kappa shape index (κ3) is 3.47. The monoisotopic (exact) mass is 347 g/mol. The topological polar surface area (TPSA) is 42.6 Å². The molecule has 1 saturated heterocycles. The summed E-state index contributed by atoms with van der Waals surface area (Å²) in [7, 11) is 2.17. The van der Waals surface area contributed by atoms with Crippen molar-refractivity contribution >= 4 is 17.5 Å². The van der Waals surface area contributed by atoms with Crippen molar-refractivity contribution in [2.45, 2.75) is 19.8 Å². The lowest BCUT2D eigenvalue weighted by Crippen LogP contribution is -3.12. The van der Waals surface area contributed by atoms with Crippen LogP contribution in [0.5, 0.6) is 0 Å². The molecule has 3 rings (SSSR count). The first-order valence-electron chi connectivity index (χ1n) is 8.53. The van der Waals surface area contributed by atoms with E-state index in [1.807, 2.05) is 33.8 Å². The Morgan fingerprint density at radius 3 is 2.75 bits per heavy atom. The lowest BCUT2D eigenvalue weighted by molar-refractivity contribution is -0.883. The summed E-state index contributed by atoms with van der Waals surface area (Å²) < 4.78 is 1.85. The van der Waals surface area contributed by atoms with E-state index < -0.39 is 0 Å². The number of halogens is 1. The molecule has 0 aliphatic carbocycles. The lowest BCUT2D eigenvalue weighted by Gasteiger charge is -2.30. The van der Waals surface area contributed by atoms with Gasteiger partial charge in [0.25, 0.3) is 5.91 Å². The number of nitrogens with one attached hydrogen (secondary N) is 1. The fourth-order valence-electron chi connectivity index (χ4n) is 3.12. The zero-order valence-electron chi connectivity index (χ0n) is 14.3. The maximum Gasteiger partial charge on any atom is 0.257 e. The van der Waals surface area contributed by atoms with Gasteiger partial charge < -0.3 is 9.80 Å². The van der Waals surface area contributed by atoms with E-state index in [9.17, 15) is 4.79 Å². The average molecular weight is 348 g/mol. The molecule has 1 aromatic heterocycles. The molecule has 128 valence electrons. The average Bonchev–Trinajstić information content (AvgIpc) is 2.99. The van der Waals surface area contributed by atoms with Crippen molar-refractivity contribution in [1.82, 2.24) is 14.7 Å². The minimum Gasteiger partial charge on any atom is -0.334 e. The van der Waals surface area contributed by atoms with Crippen LogP contribution in [0.25, 0.3) is 5.69 Å². The molecule has 0 saturated carbocycles. The molecule has 0 atom stereocenters. The smallest absolute Gasteiger partial charge is 0.257 e. The van der Waals surface area contributed by atoms with Crippen LogP contribution in [-0.2, 0) is 6.42 Å². The Balaban J connectivity index is 1.92. The second-order valence-electron chi connectivity index (χ2n) is 6.40. The molecule has 1 aromatic carbocycles. The summed E-state index contributed by atoms with van der Waals surface area (Å²) in [5, 5.41) is 5.15. The molecular formula is C18H24ClN4O+. The Hall–Kier alpha value is -1.85. The van der Waals surface area contributed by atoms with E-state index in [1.54, 1.807) is 6.20 Å². The molecule has 1 aliphatic heterocycles. The second-order valence-corrected chi connectivity index (χ2v) is 6.83. The molecule has 6 heteroatoms. The van der Waals surface area contributed by atoms with Crippen LogP contribution in [-0.4, -0.2) is 53.8 Å². The van der Waals surface area contributed by atoms with Crippen LogP contribution in [0.4, 0.5) is 0 Å². The standard InChI is InChI=1S/C18H23ClN4O/c1-3-5-17-16(18(24)22-10-8-21(2)9-11-22)13-20-23(17)15-7-4-6-14(19)12-15/h4,6-7,12-13H,3,5,8-11H2,1-2H3/p+1. The highest BCUT2D eigenvalue weighted by atomic mass is 35.5. The number of rotatable bonds is 4. The highest BCUT2D eigenvalue weighted by molar-refractivity contribution is 6.30. The van der Waals surface area contributed by atoms with Crippen molar-refractivity contribution in [2.24, 2.45) is 0 Å². The first-order chi connectivity index (χ1) is 11.6. The van der Waals surface area contributed by atoms with Crippen LogP contribution in [0.3, 0.4) is 0 Å². The summed E-state index contributed by atoms with van der Waals surface area (Å²) in [6.07, 6.45) is 3.48. The van der Waals surface area contributed by atoms with Gasteiger partial charge in [-0.3, -0.25) is 4.79 Å². The Morgan fingerprint density at radius 2 is 2.08 bits per heavy atom. The molecule has 0 unspecified atom stereocenters. The number of quaternary nitrogens is 1. The molecule has 1 N–H and O–H groups in total. The van der Waals surface area contributed by atoms with E-state index in [2.05, 4.69) is 19.1 Å². The Bertz CT molecular complexity index is 720. The molecule has 5 nitrogen and oxygen atoms in total. The van der Waals surface area contributed by atoms with Crippen LogP contribution in [0.15, 0.2) is 30.5 Å². The van der Waals surface area contributed by atoms with Gasteiger partial charge in [0, 0.05) is 5.02 Å². The van der Waals surface area contributed by atoms with E-state index in [1.165, 1.54) is 4.90 Å². The number of likely N-dealkylation sites (N-methyl/N-ethyl adjacent to an activating group) is 1. The van der Waals surface area contributed by atoms with Crippen molar-refractivity contribution in [2.75, 3.05) is 33.2 Å². The molecule has 1 fully saturated rings. The zero-order chi connectivity index (χ0) is 17.1. The zero-order valence-corrected chi connectivity index (χ0v) is 15.0. The molecule has 2 aromatic rings. The first-order valence-corrected chi connectivity index (χ1v) is 8.91. The molecule has 0 bridgehead atoms. The van der Waals surface area contributed by atoms with Crippen molar-refractivity contribution in [3.63, 3.8) is 0 Å². The fourth-order valence-corrected chi connectivity index (χ4v) is 3.31. The number of hydrogen-bond acceptors (Lipinski definition) is 2. The van der Waals surface area contributed by atoms with Crippen molar-refractivity contribution in [3.8, 4) is 5.69 Å². The van der Waals surface area contributed by atoms with Crippen LogP contribution in [0, 0.1) is 0 Å². The number of nitrogens with zero attached hydrogens (tertiary/aromatic N) is 3.